The fourth-order valence-corrected chi connectivity index (χ4v) is 4.89. The summed E-state index contributed by atoms with van der Waals surface area (Å²) in [5, 5.41) is 0. The largest absolute Gasteiger partial charge is 0.495 e. The van der Waals surface area contributed by atoms with Crippen molar-refractivity contribution in [2.45, 2.75) is 25.4 Å². The van der Waals surface area contributed by atoms with E-state index in [0.29, 0.717) is 12.6 Å². The number of likely N-dealkylation sites (N-methyl/N-ethyl adjacent to an activating group) is 1. The minimum absolute atomic E-state index is 0.230. The average Bonchev–Trinajstić information content (AvgIpc) is 2.84. The van der Waals surface area contributed by atoms with Gasteiger partial charge >= 0.3 is 0 Å². The van der Waals surface area contributed by atoms with Crippen molar-refractivity contribution in [2.24, 2.45) is 0 Å². The molecule has 0 radical (unpaired) electrons. The van der Waals surface area contributed by atoms with Gasteiger partial charge < -0.3 is 14.5 Å². The lowest BCUT2D eigenvalue weighted by Crippen LogP contribution is -2.56. The number of para-hydroxylation sites is 2. The molecule has 0 bridgehead atoms. The topological polar surface area (TPSA) is 52.2 Å². The minimum atomic E-state index is 0.230. The summed E-state index contributed by atoms with van der Waals surface area (Å²) in [4.78, 5) is 26.3. The number of piperidine rings is 1. The van der Waals surface area contributed by atoms with Crippen molar-refractivity contribution in [3.05, 3.63) is 54.4 Å². The van der Waals surface area contributed by atoms with Gasteiger partial charge in [0, 0.05) is 64.2 Å². The Bertz CT molecular complexity index is 870. The number of methoxy groups -OCH3 is 1. The highest BCUT2D eigenvalue weighted by atomic mass is 16.5. The third-order valence-electron chi connectivity index (χ3n) is 6.59. The molecule has 172 valence electrons. The maximum atomic E-state index is 13.0. The van der Waals surface area contributed by atoms with Crippen LogP contribution in [0.1, 0.15) is 18.4 Å². The van der Waals surface area contributed by atoms with E-state index in [1.807, 2.05) is 31.4 Å². The molecule has 1 aromatic carbocycles. The van der Waals surface area contributed by atoms with E-state index in [4.69, 9.17) is 4.74 Å². The van der Waals surface area contributed by atoms with Gasteiger partial charge in [0.1, 0.15) is 5.75 Å². The van der Waals surface area contributed by atoms with Crippen LogP contribution < -0.4 is 9.64 Å². The SMILES string of the molecule is COc1ccccc1N1CCN([C@H]2CCCN(C(=O)CN(C)Cc3cccnc3)C2)CC1. The van der Waals surface area contributed by atoms with Gasteiger partial charge in [-0.1, -0.05) is 18.2 Å². The Labute approximate surface area is 191 Å². The number of likely N-dealkylation sites (tertiary alicyclic amines) is 1. The number of carbonyl (C=O) groups is 1. The smallest absolute Gasteiger partial charge is 0.236 e. The van der Waals surface area contributed by atoms with Crippen LogP contribution in [0.2, 0.25) is 0 Å². The molecule has 3 heterocycles. The van der Waals surface area contributed by atoms with E-state index >= 15 is 0 Å². The summed E-state index contributed by atoms with van der Waals surface area (Å²) in [5.41, 5.74) is 2.30. The summed E-state index contributed by atoms with van der Waals surface area (Å²) in [6.07, 6.45) is 5.89. The molecule has 7 nitrogen and oxygen atoms in total. The number of aromatic nitrogens is 1. The molecule has 32 heavy (non-hydrogen) atoms. The molecule has 0 N–H and O–H groups in total. The van der Waals surface area contributed by atoms with Crippen LogP contribution >= 0.6 is 0 Å². The van der Waals surface area contributed by atoms with Crippen molar-refractivity contribution < 1.29 is 9.53 Å². The number of rotatable bonds is 7. The first-order valence-electron chi connectivity index (χ1n) is 11.6. The maximum Gasteiger partial charge on any atom is 0.236 e. The van der Waals surface area contributed by atoms with Gasteiger partial charge in [0.25, 0.3) is 0 Å². The van der Waals surface area contributed by atoms with Gasteiger partial charge in [0.2, 0.25) is 5.91 Å². The molecule has 2 saturated heterocycles. The van der Waals surface area contributed by atoms with Gasteiger partial charge in [0.05, 0.1) is 19.3 Å². The first kappa shape index (κ1) is 22.6. The van der Waals surface area contributed by atoms with Crippen LogP contribution in [-0.4, -0.2) is 91.6 Å². The van der Waals surface area contributed by atoms with Crippen LogP contribution in [0.5, 0.6) is 5.75 Å². The second-order valence-electron chi connectivity index (χ2n) is 8.86. The Morgan fingerprint density at radius 2 is 1.94 bits per heavy atom. The zero-order valence-corrected chi connectivity index (χ0v) is 19.3. The lowest BCUT2D eigenvalue weighted by molar-refractivity contribution is -0.134. The Balaban J connectivity index is 1.27. The second-order valence-corrected chi connectivity index (χ2v) is 8.86. The van der Waals surface area contributed by atoms with Crippen LogP contribution in [0.15, 0.2) is 48.8 Å². The number of amides is 1. The van der Waals surface area contributed by atoms with Gasteiger partial charge in [-0.2, -0.15) is 0 Å². The monoisotopic (exact) mass is 437 g/mol. The predicted molar refractivity (Wildman–Crippen MR) is 127 cm³/mol. The highest BCUT2D eigenvalue weighted by molar-refractivity contribution is 5.78. The van der Waals surface area contributed by atoms with Crippen LogP contribution in [0.4, 0.5) is 5.69 Å². The van der Waals surface area contributed by atoms with Crippen molar-refractivity contribution in [3.63, 3.8) is 0 Å². The molecule has 0 aliphatic carbocycles. The normalized spacial score (nSPS) is 19.9. The standard InChI is InChI=1S/C25H35N5O2/c1-27(18-21-7-5-11-26-17-21)20-25(31)30-12-6-8-22(19-30)28-13-15-29(16-14-28)23-9-3-4-10-24(23)32-2/h3-5,7,9-11,17,22H,6,8,12-16,18-20H2,1-2H3/t22-/m0/s1. The Hall–Kier alpha value is -2.64. The average molecular weight is 438 g/mol. The number of nitrogens with zero attached hydrogens (tertiary/aromatic N) is 5. The van der Waals surface area contributed by atoms with Crippen molar-refractivity contribution >= 4 is 11.6 Å². The number of anilines is 1. The molecule has 7 heteroatoms. The number of carbonyl (C=O) groups excluding carboxylic acids is 1. The van der Waals surface area contributed by atoms with E-state index in [2.05, 4.69) is 42.8 Å². The summed E-state index contributed by atoms with van der Waals surface area (Å²) >= 11 is 0. The first-order valence-corrected chi connectivity index (χ1v) is 11.6. The number of benzene rings is 1. The molecule has 1 amide bonds. The zero-order valence-electron chi connectivity index (χ0n) is 19.3. The second kappa shape index (κ2) is 10.8. The molecule has 2 aliphatic heterocycles. The van der Waals surface area contributed by atoms with E-state index in [0.717, 1.165) is 63.5 Å². The molecule has 4 rings (SSSR count). The van der Waals surface area contributed by atoms with Gasteiger partial charge in [-0.15, -0.1) is 0 Å². The number of pyridine rings is 1. The van der Waals surface area contributed by atoms with E-state index in [-0.39, 0.29) is 5.91 Å². The number of hydrogen-bond donors (Lipinski definition) is 0. The maximum absolute atomic E-state index is 13.0. The molecule has 0 unspecified atom stereocenters. The van der Waals surface area contributed by atoms with Gasteiger partial charge in [0.15, 0.2) is 0 Å². The van der Waals surface area contributed by atoms with E-state index in [1.54, 1.807) is 13.3 Å². The first-order chi connectivity index (χ1) is 15.6. The fourth-order valence-electron chi connectivity index (χ4n) is 4.89. The van der Waals surface area contributed by atoms with Crippen molar-refractivity contribution in [3.8, 4) is 5.75 Å². The number of hydrogen-bond acceptors (Lipinski definition) is 6. The van der Waals surface area contributed by atoms with Crippen LogP contribution in [0.3, 0.4) is 0 Å². The molecular weight excluding hydrogens is 402 g/mol. The van der Waals surface area contributed by atoms with E-state index in [1.165, 1.54) is 12.1 Å². The summed E-state index contributed by atoms with van der Waals surface area (Å²) in [7, 11) is 3.74. The van der Waals surface area contributed by atoms with Gasteiger partial charge in [-0.05, 0) is 43.7 Å². The van der Waals surface area contributed by atoms with Crippen molar-refractivity contribution in [1.82, 2.24) is 19.7 Å². The van der Waals surface area contributed by atoms with Crippen LogP contribution in [0.25, 0.3) is 0 Å². The molecule has 2 fully saturated rings. The summed E-state index contributed by atoms with van der Waals surface area (Å²) in [5.74, 6) is 1.17. The summed E-state index contributed by atoms with van der Waals surface area (Å²) in [6.45, 7) is 6.91. The minimum Gasteiger partial charge on any atom is -0.495 e. The molecule has 2 aliphatic rings. The Morgan fingerprint density at radius 1 is 1.12 bits per heavy atom. The third kappa shape index (κ3) is 5.58. The molecule has 2 aromatic rings. The molecule has 1 aromatic heterocycles. The molecule has 0 spiro atoms. The predicted octanol–water partition coefficient (Wildman–Crippen LogP) is 2.34. The van der Waals surface area contributed by atoms with Crippen molar-refractivity contribution in [2.75, 3.05) is 64.9 Å². The quantitative estimate of drug-likeness (QED) is 0.663. The third-order valence-corrected chi connectivity index (χ3v) is 6.59. The fraction of sp³-hybridized carbons (Fsp3) is 0.520. The van der Waals surface area contributed by atoms with Crippen molar-refractivity contribution in [1.29, 1.82) is 0 Å². The Kier molecular flexibility index (Phi) is 7.60. The van der Waals surface area contributed by atoms with Crippen LogP contribution in [-0.2, 0) is 11.3 Å². The zero-order chi connectivity index (χ0) is 22.3. The highest BCUT2D eigenvalue weighted by Gasteiger charge is 2.30. The highest BCUT2D eigenvalue weighted by Crippen LogP contribution is 2.29. The molecule has 0 saturated carbocycles. The lowest BCUT2D eigenvalue weighted by Gasteiger charge is -2.44. The van der Waals surface area contributed by atoms with Crippen LogP contribution in [0, 0.1) is 0 Å². The molecular formula is C25H35N5O2. The van der Waals surface area contributed by atoms with Gasteiger partial charge in [-0.3, -0.25) is 19.6 Å². The van der Waals surface area contributed by atoms with E-state index in [9.17, 15) is 4.79 Å². The number of ether oxygens (including phenoxy) is 1. The lowest BCUT2D eigenvalue weighted by atomic mass is 10.0. The summed E-state index contributed by atoms with van der Waals surface area (Å²) < 4.78 is 5.54. The number of piperazine rings is 1. The van der Waals surface area contributed by atoms with Gasteiger partial charge in [-0.25, -0.2) is 0 Å². The van der Waals surface area contributed by atoms with E-state index < -0.39 is 0 Å². The molecule has 1 atom stereocenters. The summed E-state index contributed by atoms with van der Waals surface area (Å²) in [6, 6.07) is 12.7. The Morgan fingerprint density at radius 3 is 2.69 bits per heavy atom.